The molecule has 0 aliphatic carbocycles. The first-order valence-electron chi connectivity index (χ1n) is 8.39. The highest BCUT2D eigenvalue weighted by Gasteiger charge is 2.30. The Balaban J connectivity index is 5.13. The van der Waals surface area contributed by atoms with Crippen LogP contribution in [-0.2, 0) is 28.8 Å². The van der Waals surface area contributed by atoms with E-state index in [1.807, 2.05) is 5.32 Å². The number of nitrogens with two attached hydrogens (primary N) is 2. The summed E-state index contributed by atoms with van der Waals surface area (Å²) >= 11 is 0. The zero-order chi connectivity index (χ0) is 22.7. The van der Waals surface area contributed by atoms with Gasteiger partial charge < -0.3 is 42.7 Å². The third kappa shape index (κ3) is 10.0. The highest BCUT2D eigenvalue weighted by molar-refractivity contribution is 5.95. The van der Waals surface area contributed by atoms with Crippen molar-refractivity contribution in [1.82, 2.24) is 16.0 Å². The van der Waals surface area contributed by atoms with Crippen LogP contribution >= 0.6 is 0 Å². The molecule has 0 heterocycles. The van der Waals surface area contributed by atoms with Crippen LogP contribution in [0.25, 0.3) is 0 Å². The molecule has 0 aromatic rings. The first-order chi connectivity index (χ1) is 13.4. The van der Waals surface area contributed by atoms with E-state index in [1.54, 1.807) is 0 Å². The monoisotopic (exact) mass is 419 g/mol. The van der Waals surface area contributed by atoms with E-state index in [1.165, 1.54) is 6.92 Å². The number of nitrogens with one attached hydrogen (secondary N) is 3. The van der Waals surface area contributed by atoms with Gasteiger partial charge in [-0.3, -0.25) is 24.0 Å². The van der Waals surface area contributed by atoms with Gasteiger partial charge in [-0.05, 0) is 13.3 Å². The van der Waals surface area contributed by atoms with Gasteiger partial charge in [0.15, 0.2) is 0 Å². The quantitative estimate of drug-likeness (QED) is 0.142. The number of aliphatic hydroxyl groups excluding tert-OH is 1. The highest BCUT2D eigenvalue weighted by Crippen LogP contribution is 2.01. The molecule has 0 saturated carbocycles. The fraction of sp³-hybridized carbons (Fsp3) is 0.600. The standard InChI is InChI=1S/C15H25N5O9/c1-6(18-13(26)7(16)5-21)12(25)20-9(4-11(23)24)14(27)19-8(15(28)29)2-3-10(17)22/h6-9,21H,2-5,16H2,1H3,(H2,17,22)(H,18,26)(H,19,27)(H,20,25)(H,23,24)(H,28,29). The SMILES string of the molecule is CC(NC(=O)C(N)CO)C(=O)NC(CC(=O)O)C(=O)NC(CCC(N)=O)C(=O)O. The van der Waals surface area contributed by atoms with Crippen LogP contribution in [-0.4, -0.2) is 81.7 Å². The van der Waals surface area contributed by atoms with Crippen LogP contribution in [0.3, 0.4) is 0 Å². The summed E-state index contributed by atoms with van der Waals surface area (Å²) in [4.78, 5) is 68.9. The first kappa shape index (κ1) is 25.7. The smallest absolute Gasteiger partial charge is 0.326 e. The van der Waals surface area contributed by atoms with Crippen LogP contribution in [0.4, 0.5) is 0 Å². The van der Waals surface area contributed by atoms with Crippen molar-refractivity contribution in [3.63, 3.8) is 0 Å². The number of rotatable bonds is 13. The predicted octanol–water partition coefficient (Wildman–Crippen LogP) is -4.39. The van der Waals surface area contributed by atoms with Gasteiger partial charge in [-0.25, -0.2) is 4.79 Å². The molecule has 0 aromatic heterocycles. The lowest BCUT2D eigenvalue weighted by Crippen LogP contribution is -2.57. The van der Waals surface area contributed by atoms with Crippen LogP contribution in [0.5, 0.6) is 0 Å². The molecule has 4 amide bonds. The van der Waals surface area contributed by atoms with E-state index >= 15 is 0 Å². The van der Waals surface area contributed by atoms with Gasteiger partial charge in [0.25, 0.3) is 0 Å². The number of carbonyl (C=O) groups excluding carboxylic acids is 4. The van der Waals surface area contributed by atoms with E-state index in [4.69, 9.17) is 26.8 Å². The van der Waals surface area contributed by atoms with Crippen molar-refractivity contribution in [2.75, 3.05) is 6.61 Å². The van der Waals surface area contributed by atoms with Gasteiger partial charge >= 0.3 is 11.9 Å². The number of amides is 4. The topological polar surface area (TPSA) is 251 Å². The minimum absolute atomic E-state index is 0.338. The Morgan fingerprint density at radius 1 is 0.897 bits per heavy atom. The van der Waals surface area contributed by atoms with Crippen molar-refractivity contribution in [3.05, 3.63) is 0 Å². The fourth-order valence-electron chi connectivity index (χ4n) is 1.97. The molecular formula is C15H25N5O9. The van der Waals surface area contributed by atoms with Gasteiger partial charge in [0, 0.05) is 6.42 Å². The van der Waals surface area contributed by atoms with Gasteiger partial charge in [0.1, 0.15) is 24.2 Å². The molecule has 0 aliphatic rings. The normalized spacial score (nSPS) is 14.6. The van der Waals surface area contributed by atoms with Crippen LogP contribution in [0.15, 0.2) is 0 Å². The zero-order valence-corrected chi connectivity index (χ0v) is 15.6. The molecule has 0 spiro atoms. The molecule has 29 heavy (non-hydrogen) atoms. The second kappa shape index (κ2) is 12.2. The summed E-state index contributed by atoms with van der Waals surface area (Å²) < 4.78 is 0. The van der Waals surface area contributed by atoms with E-state index in [0.717, 1.165) is 0 Å². The van der Waals surface area contributed by atoms with Crippen LogP contribution in [0.1, 0.15) is 26.2 Å². The second-order valence-corrected chi connectivity index (χ2v) is 6.08. The third-order valence-electron chi connectivity index (χ3n) is 3.59. The van der Waals surface area contributed by atoms with E-state index < -0.39 is 72.8 Å². The van der Waals surface area contributed by atoms with Crippen LogP contribution < -0.4 is 27.4 Å². The number of carboxylic acids is 2. The van der Waals surface area contributed by atoms with Crippen LogP contribution in [0.2, 0.25) is 0 Å². The molecule has 0 saturated heterocycles. The molecule has 4 unspecified atom stereocenters. The summed E-state index contributed by atoms with van der Waals surface area (Å²) in [7, 11) is 0. The van der Waals surface area contributed by atoms with Gasteiger partial charge in [-0.15, -0.1) is 0 Å². The van der Waals surface area contributed by atoms with Gasteiger partial charge in [0.2, 0.25) is 23.6 Å². The molecule has 4 atom stereocenters. The first-order valence-corrected chi connectivity index (χ1v) is 8.39. The molecule has 0 aromatic carbocycles. The number of carboxylic acid groups (broad SMARTS) is 2. The summed E-state index contributed by atoms with van der Waals surface area (Å²) in [6.45, 7) is 0.548. The largest absolute Gasteiger partial charge is 0.481 e. The molecule has 0 radical (unpaired) electrons. The van der Waals surface area contributed by atoms with Crippen molar-refractivity contribution in [1.29, 1.82) is 0 Å². The second-order valence-electron chi connectivity index (χ2n) is 6.08. The average molecular weight is 419 g/mol. The van der Waals surface area contributed by atoms with E-state index in [9.17, 15) is 28.8 Å². The van der Waals surface area contributed by atoms with Gasteiger partial charge in [-0.2, -0.15) is 0 Å². The lowest BCUT2D eigenvalue weighted by molar-refractivity contribution is -0.143. The molecule has 0 aliphatic heterocycles. The Bertz CT molecular complexity index is 654. The van der Waals surface area contributed by atoms with E-state index in [2.05, 4.69) is 10.6 Å². The zero-order valence-electron chi connectivity index (χ0n) is 15.6. The average Bonchev–Trinajstić information content (AvgIpc) is 2.62. The Morgan fingerprint density at radius 2 is 1.45 bits per heavy atom. The summed E-state index contributed by atoms with van der Waals surface area (Å²) in [6.07, 6.45) is -1.56. The van der Waals surface area contributed by atoms with Crippen molar-refractivity contribution in [3.8, 4) is 0 Å². The predicted molar refractivity (Wildman–Crippen MR) is 94.8 cm³/mol. The van der Waals surface area contributed by atoms with E-state index in [-0.39, 0.29) is 12.8 Å². The minimum atomic E-state index is -1.67. The Hall–Kier alpha value is -3.26. The van der Waals surface area contributed by atoms with Crippen molar-refractivity contribution in [2.45, 2.75) is 50.4 Å². The van der Waals surface area contributed by atoms with Gasteiger partial charge in [0.05, 0.1) is 13.0 Å². The third-order valence-corrected chi connectivity index (χ3v) is 3.59. The fourth-order valence-corrected chi connectivity index (χ4v) is 1.97. The van der Waals surface area contributed by atoms with Crippen molar-refractivity contribution >= 4 is 35.6 Å². The maximum absolute atomic E-state index is 12.3. The highest BCUT2D eigenvalue weighted by atomic mass is 16.4. The molecular weight excluding hydrogens is 394 g/mol. The van der Waals surface area contributed by atoms with Crippen LogP contribution in [0, 0.1) is 0 Å². The molecule has 14 heteroatoms. The molecule has 0 bridgehead atoms. The lowest BCUT2D eigenvalue weighted by Gasteiger charge is -2.22. The van der Waals surface area contributed by atoms with Crippen molar-refractivity contribution in [2.24, 2.45) is 11.5 Å². The minimum Gasteiger partial charge on any atom is -0.481 e. The lowest BCUT2D eigenvalue weighted by atomic mass is 10.1. The number of primary amides is 1. The summed E-state index contributed by atoms with van der Waals surface area (Å²) in [6, 6.07) is -5.73. The summed E-state index contributed by atoms with van der Waals surface area (Å²) in [5.41, 5.74) is 10.2. The summed E-state index contributed by atoms with van der Waals surface area (Å²) in [5, 5.41) is 33.1. The van der Waals surface area contributed by atoms with Gasteiger partial charge in [-0.1, -0.05) is 0 Å². The molecule has 0 rings (SSSR count). The number of aliphatic carboxylic acids is 2. The summed E-state index contributed by atoms with van der Waals surface area (Å²) in [5.74, 6) is -6.68. The molecule has 0 fully saturated rings. The molecule has 14 nitrogen and oxygen atoms in total. The number of carbonyl (C=O) groups is 6. The van der Waals surface area contributed by atoms with E-state index in [0.29, 0.717) is 0 Å². The number of aliphatic hydroxyl groups is 1. The maximum Gasteiger partial charge on any atom is 0.326 e. The molecule has 10 N–H and O–H groups in total. The molecule has 164 valence electrons. The Labute approximate surface area is 165 Å². The number of hydrogen-bond acceptors (Lipinski definition) is 8. The number of hydrogen-bond donors (Lipinski definition) is 8. The van der Waals surface area contributed by atoms with Crippen molar-refractivity contribution < 1.29 is 44.1 Å². The Morgan fingerprint density at radius 3 is 1.90 bits per heavy atom. The maximum atomic E-state index is 12.3. The Kier molecular flexibility index (Phi) is 10.9.